The topological polar surface area (TPSA) is 379 Å². The number of hydrogen-bond acceptors (Lipinski definition) is 22. The molecule has 0 aromatic heterocycles. The minimum absolute atomic E-state index is 0.421. The van der Waals surface area contributed by atoms with E-state index in [2.05, 4.69) is 0 Å². The maximum atomic E-state index is 9.94. The van der Waals surface area contributed by atoms with E-state index in [0.29, 0.717) is 0 Å². The predicted octanol–water partition coefficient (Wildman–Crippen LogP) is -10.8. The Balaban J connectivity index is 0.000000250. The van der Waals surface area contributed by atoms with E-state index in [1.54, 1.807) is 0 Å². The van der Waals surface area contributed by atoms with Gasteiger partial charge < -0.3 is 110 Å². The Labute approximate surface area is 260 Å². The van der Waals surface area contributed by atoms with Crippen LogP contribution in [-0.2, 0) is 28.4 Å². The summed E-state index contributed by atoms with van der Waals surface area (Å²) in [5.74, 6) is -8.90. The normalized spacial score (nSPS) is 51.1. The van der Waals surface area contributed by atoms with Crippen LogP contribution in [0.5, 0.6) is 0 Å². The third-order valence-electron chi connectivity index (χ3n) is 8.26. The zero-order valence-corrected chi connectivity index (χ0v) is 24.2. The van der Waals surface area contributed by atoms with Crippen molar-refractivity contribution in [3.63, 3.8) is 0 Å². The van der Waals surface area contributed by atoms with Crippen LogP contribution in [0.3, 0.4) is 0 Å². The van der Waals surface area contributed by atoms with Crippen LogP contribution >= 0.6 is 0 Å². The molecule has 46 heavy (non-hydrogen) atoms. The molecule has 4 heterocycles. The van der Waals surface area contributed by atoms with Gasteiger partial charge in [-0.25, -0.2) is 0 Å². The van der Waals surface area contributed by atoms with Gasteiger partial charge in [0.15, 0.2) is 0 Å². The molecule has 0 aliphatic carbocycles. The number of ether oxygens (including phenoxy) is 6. The van der Waals surface area contributed by atoms with Crippen molar-refractivity contribution in [1.82, 2.24) is 0 Å². The predicted molar refractivity (Wildman–Crippen MR) is 137 cm³/mol. The van der Waals surface area contributed by atoms with E-state index in [0.717, 1.165) is 0 Å². The maximum absolute atomic E-state index is 9.94. The van der Waals surface area contributed by atoms with Gasteiger partial charge in [-0.2, -0.15) is 0 Å². The van der Waals surface area contributed by atoms with Crippen LogP contribution in [0.15, 0.2) is 0 Å². The lowest BCUT2D eigenvalue weighted by molar-refractivity contribution is -0.356. The fourth-order valence-corrected chi connectivity index (χ4v) is 5.10. The summed E-state index contributed by atoms with van der Waals surface area (Å²) in [6, 6.07) is 0. The monoisotopic (exact) mass is 684 g/mol. The van der Waals surface area contributed by atoms with Crippen molar-refractivity contribution in [2.75, 3.05) is 52.9 Å². The lowest BCUT2D eigenvalue weighted by Gasteiger charge is -2.44. The van der Waals surface area contributed by atoms with Gasteiger partial charge in [-0.1, -0.05) is 0 Å². The second-order valence-electron chi connectivity index (χ2n) is 11.4. The first-order chi connectivity index (χ1) is 21.4. The molecule has 0 radical (unpaired) electrons. The molecule has 22 nitrogen and oxygen atoms in total. The van der Waals surface area contributed by atoms with Gasteiger partial charge in [0, 0.05) is 0 Å². The lowest BCUT2D eigenvalue weighted by Crippen LogP contribution is -2.64. The molecule has 4 aliphatic heterocycles. The molecule has 0 unspecified atom stereocenters. The van der Waals surface area contributed by atoms with Crippen LogP contribution in [-0.4, -0.2) is 231 Å². The average Bonchev–Trinajstić information content (AvgIpc) is 3.42. The van der Waals surface area contributed by atoms with Crippen molar-refractivity contribution < 1.29 is 110 Å². The number of hydrogen-bond donors (Lipinski definition) is 16. The van der Waals surface area contributed by atoms with Gasteiger partial charge in [0.05, 0.1) is 39.6 Å². The number of aliphatic hydroxyl groups is 16. The second kappa shape index (κ2) is 15.3. The second-order valence-corrected chi connectivity index (χ2v) is 11.4. The van der Waals surface area contributed by atoms with E-state index < -0.39 is 149 Å². The molecule has 22 heteroatoms. The molecule has 0 amide bonds. The van der Waals surface area contributed by atoms with E-state index in [9.17, 15) is 71.5 Å². The van der Waals surface area contributed by atoms with E-state index in [1.165, 1.54) is 0 Å². The van der Waals surface area contributed by atoms with E-state index in [-0.39, 0.29) is 0 Å². The molecule has 0 saturated carbocycles. The highest BCUT2D eigenvalue weighted by Gasteiger charge is 2.57. The van der Waals surface area contributed by atoms with Gasteiger partial charge in [0.2, 0.25) is 23.1 Å². The lowest BCUT2D eigenvalue weighted by atomic mass is 9.97. The summed E-state index contributed by atoms with van der Waals surface area (Å²) in [4.78, 5) is 0. The summed E-state index contributed by atoms with van der Waals surface area (Å²) in [6.45, 7) is -5.66. The van der Waals surface area contributed by atoms with Gasteiger partial charge in [0.1, 0.15) is 86.5 Å². The molecule has 4 aliphatic rings. The first-order valence-electron chi connectivity index (χ1n) is 14.0. The fourth-order valence-electron chi connectivity index (χ4n) is 5.10. The van der Waals surface area contributed by atoms with Crippen molar-refractivity contribution in [2.24, 2.45) is 0 Å². The Kier molecular flexibility index (Phi) is 13.2. The minimum atomic E-state index is -2.37. The fraction of sp³-hybridized carbons (Fsp3) is 1.00. The van der Waals surface area contributed by atoms with Crippen molar-refractivity contribution in [3.05, 3.63) is 0 Å². The third-order valence-corrected chi connectivity index (χ3v) is 8.26. The van der Waals surface area contributed by atoms with Crippen LogP contribution in [0, 0.1) is 0 Å². The molecule has 272 valence electrons. The molecule has 0 spiro atoms. The first-order valence-corrected chi connectivity index (χ1v) is 14.0. The van der Waals surface area contributed by atoms with E-state index in [4.69, 9.17) is 38.6 Å². The summed E-state index contributed by atoms with van der Waals surface area (Å²) in [5, 5.41) is 153. The molecular weight excluding hydrogens is 640 g/mol. The van der Waals surface area contributed by atoms with Crippen molar-refractivity contribution in [3.8, 4) is 0 Å². The molecule has 4 saturated heterocycles. The SMILES string of the molecule is OC[C@@]1(OC[C@H]2O[C@@](O)(CO)[C@H](O)[C@@H]2O)OC[C@@H](O)[C@@H](O)[C@H]1O.OC[C@@]1(OC[C@H]2O[C@](O)(CO)[C@H](O)[C@@H]2O)OC[C@@H](O)[C@@H](O)[C@H]1O. The molecule has 4 fully saturated rings. The minimum Gasteiger partial charge on any atom is -0.391 e. The van der Waals surface area contributed by atoms with Gasteiger partial charge in [0.25, 0.3) is 0 Å². The maximum Gasteiger partial charge on any atom is 0.221 e. The highest BCUT2D eigenvalue weighted by molar-refractivity contribution is 4.99. The summed E-state index contributed by atoms with van der Waals surface area (Å²) < 4.78 is 30.4. The van der Waals surface area contributed by atoms with E-state index >= 15 is 0 Å². The Morgan fingerprint density at radius 2 is 0.804 bits per heavy atom. The van der Waals surface area contributed by atoms with Gasteiger partial charge in [-0.05, 0) is 0 Å². The van der Waals surface area contributed by atoms with Crippen molar-refractivity contribution in [2.45, 2.75) is 96.4 Å². The van der Waals surface area contributed by atoms with Gasteiger partial charge >= 0.3 is 0 Å². The smallest absolute Gasteiger partial charge is 0.221 e. The van der Waals surface area contributed by atoms with Crippen LogP contribution in [0.2, 0.25) is 0 Å². The highest BCUT2D eigenvalue weighted by Crippen LogP contribution is 2.34. The Bertz CT molecular complexity index is 891. The summed E-state index contributed by atoms with van der Waals surface area (Å²) >= 11 is 0. The molecule has 16 atom stereocenters. The standard InChI is InChI=1S/2C12H22O11/c2*13-3-11(20)9(18)8(17)6(23-11)2-22-12(4-14)10(19)7(16)5(15)1-21-12/h2*5-10,13-20H,1-4H2/t5-,6-,7-,8-,9-,10-,11+,12+;5-,6-,7-,8-,9-,10-,11-,12+/m11/s1. The van der Waals surface area contributed by atoms with Gasteiger partial charge in [-0.3, -0.25) is 0 Å². The van der Waals surface area contributed by atoms with Gasteiger partial charge in [-0.15, -0.1) is 0 Å². The zero-order chi connectivity index (χ0) is 34.8. The zero-order valence-electron chi connectivity index (χ0n) is 24.2. The van der Waals surface area contributed by atoms with Crippen LogP contribution in [0.4, 0.5) is 0 Å². The quantitative estimate of drug-likeness (QED) is 0.101. The summed E-state index contributed by atoms with van der Waals surface area (Å²) in [6.07, 6.45) is -19.0. The summed E-state index contributed by atoms with van der Waals surface area (Å²) in [5.41, 5.74) is 0. The van der Waals surface area contributed by atoms with E-state index in [1.807, 2.05) is 0 Å². The largest absolute Gasteiger partial charge is 0.391 e. The Morgan fingerprint density at radius 1 is 0.478 bits per heavy atom. The molecular formula is C24H44O22. The van der Waals surface area contributed by atoms with Crippen LogP contribution in [0.25, 0.3) is 0 Å². The number of rotatable bonds is 10. The average molecular weight is 685 g/mol. The molecule has 0 bridgehead atoms. The Hall–Kier alpha value is -0.880. The Morgan fingerprint density at radius 3 is 1.07 bits per heavy atom. The van der Waals surface area contributed by atoms with Crippen LogP contribution < -0.4 is 0 Å². The van der Waals surface area contributed by atoms with Crippen molar-refractivity contribution in [1.29, 1.82) is 0 Å². The van der Waals surface area contributed by atoms with Crippen molar-refractivity contribution >= 4 is 0 Å². The van der Waals surface area contributed by atoms with Crippen LogP contribution in [0.1, 0.15) is 0 Å². The highest BCUT2D eigenvalue weighted by atomic mass is 16.8. The first kappa shape index (κ1) is 39.6. The third kappa shape index (κ3) is 7.48. The summed E-state index contributed by atoms with van der Waals surface area (Å²) in [7, 11) is 0. The number of aliphatic hydroxyl groups excluding tert-OH is 14. The molecule has 0 aromatic carbocycles. The molecule has 4 rings (SSSR count). The molecule has 16 N–H and O–H groups in total. The molecule has 0 aromatic rings.